The standard InChI is InChI=1S/C12H20BNOS/c1-11-7-5-4-6-8-9(12(11,2)13-11)15-10(16)14(8)3/h8-9,13H,4-7H2,1-3H3. The fourth-order valence-electron chi connectivity index (χ4n) is 3.96. The van der Waals surface area contributed by atoms with Crippen LogP contribution in [0.15, 0.2) is 0 Å². The molecule has 88 valence electrons. The molecule has 3 aliphatic rings. The van der Waals surface area contributed by atoms with E-state index in [0.29, 0.717) is 27.9 Å². The number of rotatable bonds is 0. The third kappa shape index (κ3) is 1.22. The Labute approximate surface area is 104 Å². The van der Waals surface area contributed by atoms with E-state index in [-0.39, 0.29) is 0 Å². The number of hydrogen-bond donors (Lipinski definition) is 0. The van der Waals surface area contributed by atoms with Gasteiger partial charge in [0.15, 0.2) is 0 Å². The minimum atomic E-state index is 0.343. The van der Waals surface area contributed by atoms with Crippen LogP contribution >= 0.6 is 12.2 Å². The molecule has 2 aliphatic heterocycles. The highest BCUT2D eigenvalue weighted by atomic mass is 32.1. The Hall–Kier alpha value is -0.245. The molecule has 3 rings (SSSR count). The van der Waals surface area contributed by atoms with E-state index >= 15 is 0 Å². The Morgan fingerprint density at radius 2 is 2.19 bits per heavy atom. The van der Waals surface area contributed by atoms with Crippen molar-refractivity contribution >= 4 is 24.7 Å². The highest BCUT2D eigenvalue weighted by molar-refractivity contribution is 7.80. The molecule has 0 bridgehead atoms. The van der Waals surface area contributed by atoms with E-state index in [2.05, 4.69) is 25.8 Å². The Bertz CT molecular complexity index is 350. The third-order valence-corrected chi connectivity index (χ3v) is 5.86. The number of thiocarbonyl (C=S) groups is 1. The number of hydrogen-bond acceptors (Lipinski definition) is 2. The van der Waals surface area contributed by atoms with Crippen LogP contribution in [-0.2, 0) is 4.74 Å². The molecule has 4 heteroatoms. The van der Waals surface area contributed by atoms with Gasteiger partial charge in [-0.15, -0.1) is 0 Å². The van der Waals surface area contributed by atoms with Gasteiger partial charge >= 0.3 is 0 Å². The van der Waals surface area contributed by atoms with Gasteiger partial charge in [-0.05, 0) is 24.0 Å². The second-order valence-corrected chi connectivity index (χ2v) is 6.73. The molecule has 3 fully saturated rings. The van der Waals surface area contributed by atoms with Gasteiger partial charge < -0.3 is 9.64 Å². The van der Waals surface area contributed by atoms with Crippen LogP contribution in [0.1, 0.15) is 39.5 Å². The molecule has 0 radical (unpaired) electrons. The van der Waals surface area contributed by atoms with Gasteiger partial charge in [0.25, 0.3) is 5.17 Å². The second kappa shape index (κ2) is 3.15. The number of ether oxygens (including phenoxy) is 1. The molecule has 1 aliphatic carbocycles. The summed E-state index contributed by atoms with van der Waals surface area (Å²) in [6.07, 6.45) is 5.65. The highest BCUT2D eigenvalue weighted by Gasteiger charge is 2.69. The summed E-state index contributed by atoms with van der Waals surface area (Å²) >= 11 is 5.31. The number of fused-ring (bicyclic) bond motifs is 3. The molecule has 1 saturated carbocycles. The van der Waals surface area contributed by atoms with E-state index in [0.717, 1.165) is 0 Å². The molecule has 4 unspecified atom stereocenters. The van der Waals surface area contributed by atoms with Crippen LogP contribution in [-0.4, -0.2) is 36.5 Å². The topological polar surface area (TPSA) is 12.5 Å². The predicted molar refractivity (Wildman–Crippen MR) is 71.4 cm³/mol. The van der Waals surface area contributed by atoms with Crippen LogP contribution in [0, 0.1) is 0 Å². The van der Waals surface area contributed by atoms with Crippen molar-refractivity contribution in [1.82, 2.24) is 4.90 Å². The third-order valence-electron chi connectivity index (χ3n) is 5.48. The van der Waals surface area contributed by atoms with Crippen LogP contribution in [0.5, 0.6) is 0 Å². The van der Waals surface area contributed by atoms with E-state index < -0.39 is 0 Å². The Balaban J connectivity index is 1.92. The molecule has 2 saturated heterocycles. The zero-order chi connectivity index (χ0) is 11.6. The van der Waals surface area contributed by atoms with Crippen LogP contribution < -0.4 is 0 Å². The average molecular weight is 237 g/mol. The van der Waals surface area contributed by atoms with Gasteiger partial charge in [-0.25, -0.2) is 0 Å². The van der Waals surface area contributed by atoms with Crippen molar-refractivity contribution in [2.75, 3.05) is 7.05 Å². The van der Waals surface area contributed by atoms with Crippen molar-refractivity contribution in [1.29, 1.82) is 0 Å². The highest BCUT2D eigenvalue weighted by Crippen LogP contribution is 2.75. The van der Waals surface area contributed by atoms with E-state index in [4.69, 9.17) is 17.0 Å². The summed E-state index contributed by atoms with van der Waals surface area (Å²) in [4.78, 5) is 2.19. The second-order valence-electron chi connectivity index (χ2n) is 6.38. The molecule has 0 aromatic carbocycles. The molecule has 0 spiro atoms. The van der Waals surface area contributed by atoms with Gasteiger partial charge in [-0.1, -0.05) is 38.4 Å². The molecule has 0 amide bonds. The Kier molecular flexibility index (Phi) is 2.14. The van der Waals surface area contributed by atoms with Crippen LogP contribution in [0.3, 0.4) is 0 Å². The lowest BCUT2D eigenvalue weighted by Crippen LogP contribution is -2.37. The summed E-state index contributed by atoms with van der Waals surface area (Å²) < 4.78 is 5.99. The molecule has 2 nitrogen and oxygen atoms in total. The largest absolute Gasteiger partial charge is 0.466 e. The zero-order valence-corrected chi connectivity index (χ0v) is 11.3. The van der Waals surface area contributed by atoms with Gasteiger partial charge in [-0.3, -0.25) is 0 Å². The number of likely N-dealkylation sites (N-methyl/N-ethyl adjacent to an activating group) is 1. The maximum atomic E-state index is 5.99. The zero-order valence-electron chi connectivity index (χ0n) is 10.5. The van der Waals surface area contributed by atoms with Gasteiger partial charge in [-0.2, -0.15) is 0 Å². The molecule has 16 heavy (non-hydrogen) atoms. The van der Waals surface area contributed by atoms with Crippen molar-refractivity contribution in [2.45, 2.75) is 62.3 Å². The molecule has 4 atom stereocenters. The van der Waals surface area contributed by atoms with Crippen molar-refractivity contribution in [3.05, 3.63) is 0 Å². The first-order valence-electron chi connectivity index (χ1n) is 6.41. The van der Waals surface area contributed by atoms with E-state index in [1.165, 1.54) is 33.0 Å². The van der Waals surface area contributed by atoms with Gasteiger partial charge in [0.2, 0.25) is 0 Å². The van der Waals surface area contributed by atoms with Crippen molar-refractivity contribution in [2.24, 2.45) is 0 Å². The van der Waals surface area contributed by atoms with Gasteiger partial charge in [0.1, 0.15) is 13.4 Å². The monoisotopic (exact) mass is 237 g/mol. The predicted octanol–water partition coefficient (Wildman–Crippen LogP) is 2.35. The first kappa shape index (κ1) is 10.9. The van der Waals surface area contributed by atoms with Crippen LogP contribution in [0.4, 0.5) is 0 Å². The summed E-state index contributed by atoms with van der Waals surface area (Å²) in [5, 5.41) is 1.59. The van der Waals surface area contributed by atoms with E-state index in [9.17, 15) is 0 Å². The summed E-state index contributed by atoms with van der Waals surface area (Å²) in [6, 6.07) is 0.527. The summed E-state index contributed by atoms with van der Waals surface area (Å²) in [5.41, 5.74) is 0. The minimum Gasteiger partial charge on any atom is -0.466 e. The lowest BCUT2D eigenvalue weighted by Gasteiger charge is -2.33. The first-order valence-corrected chi connectivity index (χ1v) is 6.82. The minimum absolute atomic E-state index is 0.343. The van der Waals surface area contributed by atoms with Gasteiger partial charge in [0.05, 0.1) is 6.04 Å². The van der Waals surface area contributed by atoms with E-state index in [1.54, 1.807) is 0 Å². The van der Waals surface area contributed by atoms with Crippen molar-refractivity contribution < 1.29 is 4.74 Å². The summed E-state index contributed by atoms with van der Waals surface area (Å²) in [7, 11) is 3.41. The lowest BCUT2D eigenvalue weighted by molar-refractivity contribution is 0.130. The average Bonchev–Trinajstić information content (AvgIpc) is 2.63. The fraction of sp³-hybridized carbons (Fsp3) is 0.917. The van der Waals surface area contributed by atoms with Crippen molar-refractivity contribution in [3.63, 3.8) is 0 Å². The molecule has 0 aromatic rings. The lowest BCUT2D eigenvalue weighted by atomic mass is 9.79. The van der Waals surface area contributed by atoms with Crippen LogP contribution in [0.25, 0.3) is 0 Å². The molecule has 0 aromatic heterocycles. The quantitative estimate of drug-likeness (QED) is 0.474. The number of nitrogens with zero attached hydrogens (tertiary/aromatic N) is 1. The maximum Gasteiger partial charge on any atom is 0.259 e. The molecular formula is C12H20BNOS. The Morgan fingerprint density at radius 1 is 1.44 bits per heavy atom. The first-order chi connectivity index (χ1) is 7.48. The van der Waals surface area contributed by atoms with E-state index in [1.807, 2.05) is 0 Å². The summed E-state index contributed by atoms with van der Waals surface area (Å²) in [6.45, 7) is 4.83. The van der Waals surface area contributed by atoms with Gasteiger partial charge in [0, 0.05) is 7.05 Å². The summed E-state index contributed by atoms with van der Waals surface area (Å²) in [5.74, 6) is 0. The molecule has 0 N–H and O–H groups in total. The maximum absolute atomic E-state index is 5.99. The smallest absolute Gasteiger partial charge is 0.259 e. The normalized spacial score (nSPS) is 50.7. The van der Waals surface area contributed by atoms with Crippen LogP contribution in [0.2, 0.25) is 10.6 Å². The molecule has 2 heterocycles. The fourth-order valence-corrected chi connectivity index (χ4v) is 4.20. The Morgan fingerprint density at radius 3 is 2.94 bits per heavy atom. The molecular weight excluding hydrogens is 217 g/mol. The van der Waals surface area contributed by atoms with Crippen molar-refractivity contribution in [3.8, 4) is 0 Å². The SMILES string of the molecule is CN1C(=S)OC2C1CCCCC1(C)BC21C.